The number of anilines is 12. The fourth-order valence-electron chi connectivity index (χ4n) is 16.4. The molecule has 0 saturated carbocycles. The lowest BCUT2D eigenvalue weighted by atomic mass is 10.1. The molecule has 32 nitrogen and oxygen atoms in total. The van der Waals surface area contributed by atoms with Crippen molar-refractivity contribution in [1.29, 1.82) is 21.0 Å². The van der Waals surface area contributed by atoms with Gasteiger partial charge in [-0.3, -0.25) is 19.2 Å². The minimum Gasteiger partial charge on any atom is -0.495 e. The fraction of sp³-hybridized carbons (Fsp3) is 0.354. The predicted octanol–water partition coefficient (Wildman–Crippen LogP) is 14.7. The van der Waals surface area contributed by atoms with E-state index in [9.17, 15) is 29.8 Å². The van der Waals surface area contributed by atoms with E-state index in [1.165, 1.54) is 31.4 Å². The smallest absolute Gasteiger partial charge is 0.251 e. The van der Waals surface area contributed by atoms with Crippen molar-refractivity contribution in [2.24, 2.45) is 14.1 Å². The highest BCUT2D eigenvalue weighted by Crippen LogP contribution is 2.37. The van der Waals surface area contributed by atoms with E-state index >= 15 is 0 Å². The highest BCUT2D eigenvalue weighted by atomic mass is 19.3. The highest BCUT2D eigenvalue weighted by molar-refractivity contribution is 5.74. The van der Waals surface area contributed by atoms with Gasteiger partial charge >= 0.3 is 0 Å². The van der Waals surface area contributed by atoms with E-state index < -0.39 is 6.43 Å². The van der Waals surface area contributed by atoms with Crippen LogP contribution in [0, 0.1) is 45.3 Å². The Kier molecular flexibility index (Phi) is 29.6. The van der Waals surface area contributed by atoms with E-state index in [1.807, 2.05) is 105 Å². The third-order valence-corrected chi connectivity index (χ3v) is 23.4. The van der Waals surface area contributed by atoms with Crippen LogP contribution in [0.3, 0.4) is 0 Å². The maximum absolute atomic E-state index is 12.7. The zero-order valence-corrected chi connectivity index (χ0v) is 72.8. The molecule has 7 aliphatic rings. The average molecular weight is 1750 g/mol. The van der Waals surface area contributed by atoms with Crippen LogP contribution in [-0.4, -0.2) is 226 Å². The number of nitrogens with one attached hydrogen (secondary N) is 4. The van der Waals surface area contributed by atoms with Crippen LogP contribution in [0.15, 0.2) is 189 Å². The summed E-state index contributed by atoms with van der Waals surface area (Å²) in [5.41, 5.74) is 13.0. The number of hydrogen-bond donors (Lipinski definition) is 4. The van der Waals surface area contributed by atoms with Gasteiger partial charge in [0.05, 0.1) is 122 Å². The second-order valence-corrected chi connectivity index (χ2v) is 32.3. The molecule has 0 unspecified atom stereocenters. The zero-order valence-electron chi connectivity index (χ0n) is 72.8. The maximum Gasteiger partial charge on any atom is 0.251 e. The number of ether oxygens (including phenoxy) is 6. The minimum absolute atomic E-state index is 0.0361. The van der Waals surface area contributed by atoms with Crippen molar-refractivity contribution in [3.05, 3.63) is 211 Å². The summed E-state index contributed by atoms with van der Waals surface area (Å²) in [6.45, 7) is 15.0. The summed E-state index contributed by atoms with van der Waals surface area (Å²) in [7, 11) is 5.33. The highest BCUT2D eigenvalue weighted by Gasteiger charge is 2.31. The number of hydrogen-bond acceptors (Lipinski definition) is 30. The number of nitrogens with zero attached hydrogens (tertiary/aromatic N) is 22. The van der Waals surface area contributed by atoms with Gasteiger partial charge in [-0.2, -0.15) is 31.2 Å². The van der Waals surface area contributed by atoms with Crippen LogP contribution < -0.4 is 55.1 Å². The zero-order chi connectivity index (χ0) is 89.5. The van der Waals surface area contributed by atoms with Gasteiger partial charge in [-0.15, -0.1) is 0 Å². The first-order valence-electron chi connectivity index (χ1n) is 43.9. The van der Waals surface area contributed by atoms with Crippen molar-refractivity contribution in [3.63, 3.8) is 0 Å². The number of alkyl halides is 2. The van der Waals surface area contributed by atoms with Crippen molar-refractivity contribution in [2.45, 2.75) is 76.0 Å². The Morgan fingerprint density at radius 1 is 0.408 bits per heavy atom. The summed E-state index contributed by atoms with van der Waals surface area (Å²) in [6, 6.07) is 53.9. The normalized spacial score (nSPS) is 16.1. The van der Waals surface area contributed by atoms with Crippen molar-refractivity contribution >= 4 is 68.8 Å². The molecule has 12 aromatic rings. The average Bonchev–Trinajstić information content (AvgIpc) is 1.63. The molecule has 0 bridgehead atoms. The van der Waals surface area contributed by atoms with Crippen LogP contribution >= 0.6 is 0 Å². The summed E-state index contributed by atoms with van der Waals surface area (Å²) in [6.07, 6.45) is 19.8. The molecule has 19 rings (SSSR count). The lowest BCUT2D eigenvalue weighted by Gasteiger charge is -2.43. The molecule has 0 radical (unpaired) electrons. The van der Waals surface area contributed by atoms with Gasteiger partial charge in [0.2, 0.25) is 0 Å². The Labute approximate surface area is 753 Å². The van der Waals surface area contributed by atoms with Crippen LogP contribution in [0.25, 0.3) is 45.6 Å². The number of rotatable bonds is 24. The second kappa shape index (κ2) is 43.3. The quantitative estimate of drug-likeness (QED) is 0.0436. The van der Waals surface area contributed by atoms with E-state index in [0.717, 1.165) is 154 Å². The lowest BCUT2D eigenvalue weighted by molar-refractivity contribution is -0.0660. The molecule has 7 saturated heterocycles. The molecular formula is C96H102F2N26O6. The monoisotopic (exact) mass is 1750 g/mol. The molecule has 34 heteroatoms. The van der Waals surface area contributed by atoms with Crippen molar-refractivity contribution in [2.75, 3.05) is 173 Å². The van der Waals surface area contributed by atoms with E-state index in [-0.39, 0.29) is 18.8 Å². The van der Waals surface area contributed by atoms with Gasteiger partial charge < -0.3 is 69.3 Å². The van der Waals surface area contributed by atoms with Gasteiger partial charge in [0.25, 0.3) is 6.43 Å². The van der Waals surface area contributed by atoms with Crippen molar-refractivity contribution < 1.29 is 37.2 Å². The van der Waals surface area contributed by atoms with Crippen LogP contribution in [0.2, 0.25) is 0 Å². The first-order chi connectivity index (χ1) is 63.7. The third-order valence-electron chi connectivity index (χ3n) is 23.4. The van der Waals surface area contributed by atoms with E-state index in [4.69, 9.17) is 33.4 Å². The van der Waals surface area contributed by atoms with E-state index in [2.05, 4.69) is 139 Å². The van der Waals surface area contributed by atoms with Crippen molar-refractivity contribution in [3.8, 4) is 87.1 Å². The molecule has 4 N–H and O–H groups in total. The number of nitriles is 4. The number of piperazine rings is 2. The maximum atomic E-state index is 12.7. The first kappa shape index (κ1) is 88.9. The summed E-state index contributed by atoms with van der Waals surface area (Å²) in [4.78, 5) is 49.5. The third kappa shape index (κ3) is 23.3. The first-order valence-corrected chi connectivity index (χ1v) is 43.9. The number of benzene rings is 6. The lowest BCUT2D eigenvalue weighted by Crippen LogP contribution is -2.56. The van der Waals surface area contributed by atoms with Gasteiger partial charge in [0.1, 0.15) is 77.0 Å². The molecule has 0 atom stereocenters. The van der Waals surface area contributed by atoms with E-state index in [1.54, 1.807) is 95.0 Å². The Balaban J connectivity index is 0.000000129. The predicted molar refractivity (Wildman–Crippen MR) is 493 cm³/mol. The van der Waals surface area contributed by atoms with Gasteiger partial charge in [0.15, 0.2) is 23.3 Å². The molecule has 0 spiro atoms. The number of methoxy groups -OCH3 is 1. The number of aromatic nitrogens is 12. The Bertz CT molecular complexity index is 5990. The second-order valence-electron chi connectivity index (χ2n) is 32.3. The fourth-order valence-corrected chi connectivity index (χ4v) is 16.4. The van der Waals surface area contributed by atoms with Crippen molar-refractivity contribution in [1.82, 2.24) is 69.2 Å². The van der Waals surface area contributed by atoms with Gasteiger partial charge in [0, 0.05) is 201 Å². The van der Waals surface area contributed by atoms with Crippen LogP contribution in [0.1, 0.15) is 73.6 Å². The molecule has 666 valence electrons. The molecule has 0 amide bonds. The van der Waals surface area contributed by atoms with Gasteiger partial charge in [-0.1, -0.05) is 0 Å². The Morgan fingerprint density at radius 2 is 0.792 bits per heavy atom. The molecular weight excluding hydrogens is 1650 g/mol. The molecule has 0 aliphatic carbocycles. The summed E-state index contributed by atoms with van der Waals surface area (Å²) in [5.74, 6) is 6.67. The molecule has 7 aliphatic heterocycles. The van der Waals surface area contributed by atoms with Crippen LogP contribution in [0.4, 0.5) is 77.6 Å². The summed E-state index contributed by atoms with van der Waals surface area (Å²) < 4.78 is 62.7. The molecule has 6 aromatic heterocycles. The summed E-state index contributed by atoms with van der Waals surface area (Å²) in [5, 5.41) is 59.9. The Morgan fingerprint density at radius 3 is 1.18 bits per heavy atom. The van der Waals surface area contributed by atoms with Gasteiger partial charge in [-0.05, 0) is 159 Å². The SMILES string of the molecule is COc1cc(Nc2ccnc(-c3ccc(OC4CCOCC4)c(C#N)c3)n2)ccc1N1CCN(CC(F)F)CC1.Cn1cc(Nc2ccnc(-c3ccc(N4CCCC4)c(C#N)c3)n2)cn1.Cn1cc(Nc2ccnc(-c3ccc(OC4CCOCC4)c(C#N)c3)n2)cn1.N#Cc1cc(-c2nccc(Nc3ccc(N4CCN(C5COC5)CC4)cc3)n2)ccc1N1CCCC1. The number of halogens is 2. The molecule has 6 aromatic carbocycles. The molecule has 7 fully saturated rings. The Hall–Kier alpha value is -14.5. The minimum atomic E-state index is -2.32. The number of aryl methyl sites for hydroxylation is 2. The van der Waals surface area contributed by atoms with E-state index in [0.29, 0.717) is 144 Å². The topological polar surface area (TPSA) is 357 Å². The molecule has 13 heterocycles. The van der Waals surface area contributed by atoms with Crippen LogP contribution in [-0.2, 0) is 28.3 Å². The standard InChI is InChI=1S/C29H32F2N6O3.C28H31N7O.C20H20N6O2.C19H19N7/c1-38-26-17-22(3-4-24(26)37-12-10-36(11-13-37)19-27(30)31)34-28-6-9-33-29(35-28)20-2-5-25(21(16-20)18-32)40-23-7-14-39-15-8-23;29-18-22-17-21(3-8-26(22)35-11-1-2-12-35)28-30-10-9-27(32-28)31-23-4-6-24(7-5-23)33-13-15-34(16-14-33)25-19-36-20-25;1-26-13-16(12-23-26)24-19-4-7-22-20(25-19)14-2-3-18(15(10-14)11-21)28-17-5-8-27-9-6-17;1-25-13-16(12-22-25)23-18-6-7-21-19(24-18)14-4-5-17(15(10-14)11-20)26-8-2-3-9-26/h2-6,9,16-17,23,27H,7-8,10-15,19H2,1H3,(H,33,34,35);3-10,17,25H,1-2,11-16,19-20H2,(H,30,31,32);2-4,7,10,12-13,17H,5-6,8-9H2,1H3,(H,22,24,25);4-7,10,12-13H,2-3,8-9H2,1H3,(H,21,23,24). The molecule has 130 heavy (non-hydrogen) atoms. The van der Waals surface area contributed by atoms with Crippen LogP contribution in [0.5, 0.6) is 17.2 Å². The largest absolute Gasteiger partial charge is 0.495 e. The van der Waals surface area contributed by atoms with Gasteiger partial charge in [-0.25, -0.2) is 48.7 Å². The summed E-state index contributed by atoms with van der Waals surface area (Å²) >= 11 is 0.